The van der Waals surface area contributed by atoms with Gasteiger partial charge >= 0.3 is 0 Å². The first-order valence-electron chi connectivity index (χ1n) is 13.0. The Morgan fingerprint density at radius 1 is 0.789 bits per heavy atom. The molecule has 0 fully saturated rings. The van der Waals surface area contributed by atoms with Crippen molar-refractivity contribution in [1.82, 2.24) is 5.32 Å². The molecule has 0 aliphatic heterocycles. The number of rotatable bonds is 10. The summed E-state index contributed by atoms with van der Waals surface area (Å²) >= 11 is 5.34. The van der Waals surface area contributed by atoms with Crippen LogP contribution >= 0.6 is 12.2 Å². The standard InChI is InChI=1S/C31H37N3O3S/c1-5-6-7-10-21-37-27-12-9-8-11-26(27)29(36)34-30(38)33-25-19-17-24(18-20-25)32-28(35)22-13-15-23(16-14-22)31(2,3)4/h8-9,11-20H,5-7,10,21H2,1-4H3,(H,32,35)(H2,33,34,36,38). The minimum absolute atomic E-state index is 0.0307. The zero-order valence-electron chi connectivity index (χ0n) is 22.6. The van der Waals surface area contributed by atoms with Gasteiger partial charge in [-0.3, -0.25) is 14.9 Å². The van der Waals surface area contributed by atoms with Crippen molar-refractivity contribution in [3.8, 4) is 5.75 Å². The molecule has 3 aromatic rings. The normalized spacial score (nSPS) is 10.9. The summed E-state index contributed by atoms with van der Waals surface area (Å²) in [4.78, 5) is 25.4. The predicted molar refractivity (Wildman–Crippen MR) is 159 cm³/mol. The van der Waals surface area contributed by atoms with Crippen LogP contribution in [-0.4, -0.2) is 23.5 Å². The third-order valence-electron chi connectivity index (χ3n) is 6.03. The number of nitrogens with one attached hydrogen (secondary N) is 3. The van der Waals surface area contributed by atoms with E-state index >= 15 is 0 Å². The van der Waals surface area contributed by atoms with Crippen LogP contribution in [0.4, 0.5) is 11.4 Å². The van der Waals surface area contributed by atoms with Crippen molar-refractivity contribution in [2.75, 3.05) is 17.2 Å². The van der Waals surface area contributed by atoms with Crippen LogP contribution in [0.25, 0.3) is 0 Å². The topological polar surface area (TPSA) is 79.5 Å². The Balaban J connectivity index is 1.52. The maximum Gasteiger partial charge on any atom is 0.261 e. The molecule has 38 heavy (non-hydrogen) atoms. The monoisotopic (exact) mass is 531 g/mol. The van der Waals surface area contributed by atoms with E-state index in [0.29, 0.717) is 34.9 Å². The maximum atomic E-state index is 12.8. The average Bonchev–Trinajstić information content (AvgIpc) is 2.89. The van der Waals surface area contributed by atoms with Gasteiger partial charge in [0.25, 0.3) is 11.8 Å². The number of benzene rings is 3. The molecule has 0 aromatic heterocycles. The van der Waals surface area contributed by atoms with Gasteiger partial charge in [-0.1, -0.05) is 71.2 Å². The minimum Gasteiger partial charge on any atom is -0.493 e. The Hall–Kier alpha value is -3.71. The van der Waals surface area contributed by atoms with Gasteiger partial charge in [-0.2, -0.15) is 0 Å². The third-order valence-corrected chi connectivity index (χ3v) is 6.23. The molecule has 0 saturated heterocycles. The summed E-state index contributed by atoms with van der Waals surface area (Å²) in [6.07, 6.45) is 4.38. The Kier molecular flexibility index (Phi) is 10.4. The first-order valence-corrected chi connectivity index (χ1v) is 13.4. The van der Waals surface area contributed by atoms with E-state index in [-0.39, 0.29) is 22.3 Å². The van der Waals surface area contributed by atoms with Crippen LogP contribution in [-0.2, 0) is 5.41 Å². The van der Waals surface area contributed by atoms with E-state index in [1.807, 2.05) is 30.3 Å². The van der Waals surface area contributed by atoms with E-state index in [4.69, 9.17) is 17.0 Å². The fourth-order valence-electron chi connectivity index (χ4n) is 3.79. The van der Waals surface area contributed by atoms with E-state index in [0.717, 1.165) is 19.3 Å². The molecule has 3 N–H and O–H groups in total. The van der Waals surface area contributed by atoms with Crippen LogP contribution in [0.1, 0.15) is 79.7 Å². The average molecular weight is 532 g/mol. The third kappa shape index (κ3) is 8.70. The smallest absolute Gasteiger partial charge is 0.261 e. The van der Waals surface area contributed by atoms with Crippen LogP contribution in [0, 0.1) is 0 Å². The molecule has 6 nitrogen and oxygen atoms in total. The lowest BCUT2D eigenvalue weighted by Crippen LogP contribution is -2.34. The largest absolute Gasteiger partial charge is 0.493 e. The van der Waals surface area contributed by atoms with Crippen LogP contribution in [0.15, 0.2) is 72.8 Å². The Morgan fingerprint density at radius 2 is 1.42 bits per heavy atom. The van der Waals surface area contributed by atoms with Gasteiger partial charge in [-0.15, -0.1) is 0 Å². The lowest BCUT2D eigenvalue weighted by Gasteiger charge is -2.19. The quantitative estimate of drug-likeness (QED) is 0.189. The van der Waals surface area contributed by atoms with Crippen molar-refractivity contribution in [3.63, 3.8) is 0 Å². The van der Waals surface area contributed by atoms with Crippen LogP contribution in [0.3, 0.4) is 0 Å². The van der Waals surface area contributed by atoms with Crippen molar-refractivity contribution in [2.24, 2.45) is 0 Å². The number of hydrogen-bond donors (Lipinski definition) is 3. The summed E-state index contributed by atoms with van der Waals surface area (Å²) in [5.41, 5.74) is 3.56. The van der Waals surface area contributed by atoms with Gasteiger partial charge in [0.1, 0.15) is 5.75 Å². The fourth-order valence-corrected chi connectivity index (χ4v) is 4.00. The highest BCUT2D eigenvalue weighted by Gasteiger charge is 2.15. The first kappa shape index (κ1) is 28.9. The van der Waals surface area contributed by atoms with Crippen molar-refractivity contribution < 1.29 is 14.3 Å². The highest BCUT2D eigenvalue weighted by atomic mass is 32.1. The molecule has 0 spiro atoms. The SMILES string of the molecule is CCCCCCOc1ccccc1C(=O)NC(=S)Nc1ccc(NC(=O)c2ccc(C(C)(C)C)cc2)cc1. The minimum atomic E-state index is -0.340. The van der Waals surface area contributed by atoms with E-state index in [1.54, 1.807) is 42.5 Å². The molecule has 2 amide bonds. The zero-order chi connectivity index (χ0) is 27.5. The summed E-state index contributed by atoms with van der Waals surface area (Å²) in [6.45, 7) is 9.14. The van der Waals surface area contributed by atoms with Crippen LogP contribution < -0.4 is 20.7 Å². The maximum absolute atomic E-state index is 12.8. The summed E-state index contributed by atoms with van der Waals surface area (Å²) in [5, 5.41) is 8.79. The lowest BCUT2D eigenvalue weighted by molar-refractivity contribution is 0.0972. The van der Waals surface area contributed by atoms with E-state index < -0.39 is 0 Å². The van der Waals surface area contributed by atoms with Gasteiger partial charge in [-0.05, 0) is 78.1 Å². The molecule has 0 bridgehead atoms. The number of amides is 2. The summed E-state index contributed by atoms with van der Waals surface area (Å²) in [7, 11) is 0. The molecule has 0 aliphatic carbocycles. The van der Waals surface area contributed by atoms with E-state index in [9.17, 15) is 9.59 Å². The molecule has 0 atom stereocenters. The molecule has 3 rings (SSSR count). The zero-order valence-corrected chi connectivity index (χ0v) is 23.4. The van der Waals surface area contributed by atoms with E-state index in [2.05, 4.69) is 43.6 Å². The Morgan fingerprint density at radius 3 is 2.05 bits per heavy atom. The predicted octanol–water partition coefficient (Wildman–Crippen LogP) is 7.32. The van der Waals surface area contributed by atoms with Crippen molar-refractivity contribution >= 4 is 40.5 Å². The van der Waals surface area contributed by atoms with Crippen LogP contribution in [0.2, 0.25) is 0 Å². The molecule has 7 heteroatoms. The van der Waals surface area contributed by atoms with E-state index in [1.165, 1.54) is 12.0 Å². The molecular weight excluding hydrogens is 494 g/mol. The number of para-hydroxylation sites is 1. The van der Waals surface area contributed by atoms with Gasteiger partial charge in [0.15, 0.2) is 5.11 Å². The van der Waals surface area contributed by atoms with Crippen LogP contribution in [0.5, 0.6) is 5.75 Å². The number of thiocarbonyl (C=S) groups is 1. The Labute approximate surface area is 231 Å². The molecule has 3 aromatic carbocycles. The second-order valence-electron chi connectivity index (χ2n) is 10.2. The number of anilines is 2. The number of unbranched alkanes of at least 4 members (excludes halogenated alkanes) is 3. The lowest BCUT2D eigenvalue weighted by atomic mass is 9.87. The highest BCUT2D eigenvalue weighted by molar-refractivity contribution is 7.80. The van der Waals surface area contributed by atoms with Gasteiger partial charge in [0.2, 0.25) is 0 Å². The van der Waals surface area contributed by atoms with Crippen molar-refractivity contribution in [1.29, 1.82) is 0 Å². The molecule has 0 heterocycles. The Bertz CT molecular complexity index is 1230. The molecule has 0 radical (unpaired) electrons. The summed E-state index contributed by atoms with van der Waals surface area (Å²) < 4.78 is 5.84. The van der Waals surface area contributed by atoms with Gasteiger partial charge in [-0.25, -0.2) is 0 Å². The summed E-state index contributed by atoms with van der Waals surface area (Å²) in [5.74, 6) is 0.0191. The number of carbonyl (C=O) groups excluding carboxylic acids is 2. The van der Waals surface area contributed by atoms with Gasteiger partial charge in [0, 0.05) is 16.9 Å². The van der Waals surface area contributed by atoms with Crippen molar-refractivity contribution in [2.45, 2.75) is 58.8 Å². The fraction of sp³-hybridized carbons (Fsp3) is 0.323. The highest BCUT2D eigenvalue weighted by Crippen LogP contribution is 2.23. The summed E-state index contributed by atoms with van der Waals surface area (Å²) in [6, 6.07) is 21.9. The molecule has 200 valence electrons. The molecule has 0 saturated carbocycles. The molecule has 0 unspecified atom stereocenters. The number of carbonyl (C=O) groups is 2. The molecule has 0 aliphatic rings. The van der Waals surface area contributed by atoms with Gasteiger partial charge < -0.3 is 15.4 Å². The first-order chi connectivity index (χ1) is 18.2. The number of hydrogen-bond acceptors (Lipinski definition) is 4. The number of ether oxygens (including phenoxy) is 1. The second kappa shape index (κ2) is 13.7. The van der Waals surface area contributed by atoms with Gasteiger partial charge in [0.05, 0.1) is 12.2 Å². The molecular formula is C31H37N3O3S. The van der Waals surface area contributed by atoms with Crippen molar-refractivity contribution in [3.05, 3.63) is 89.5 Å². The second-order valence-corrected chi connectivity index (χ2v) is 10.6.